The van der Waals surface area contributed by atoms with Gasteiger partial charge in [-0.05, 0) is 30.3 Å². The van der Waals surface area contributed by atoms with E-state index in [4.69, 9.17) is 32.7 Å². The minimum Gasteiger partial charge on any atom is -0.350 e. The first-order valence-electron chi connectivity index (χ1n) is 6.12. The molecule has 0 aromatic heterocycles. The molecule has 1 N–H and O–H groups in total. The van der Waals surface area contributed by atoms with Crippen molar-refractivity contribution >= 4 is 23.2 Å². The third kappa shape index (κ3) is 3.59. The summed E-state index contributed by atoms with van der Waals surface area (Å²) in [6, 6.07) is 5.59. The summed E-state index contributed by atoms with van der Waals surface area (Å²) in [5, 5.41) is 4.79. The van der Waals surface area contributed by atoms with Crippen molar-refractivity contribution < 1.29 is 9.47 Å². The lowest BCUT2D eigenvalue weighted by molar-refractivity contribution is -0.0529. The Bertz CT molecular complexity index is 395. The fourth-order valence-electron chi connectivity index (χ4n) is 2.08. The molecule has 18 heavy (non-hydrogen) atoms. The summed E-state index contributed by atoms with van der Waals surface area (Å²) in [7, 11) is 0. The average Bonchev–Trinajstić information content (AvgIpc) is 2.85. The first-order valence-corrected chi connectivity index (χ1v) is 6.88. The first-order chi connectivity index (χ1) is 8.70. The second-order valence-electron chi connectivity index (χ2n) is 4.18. The molecule has 0 saturated carbocycles. The molecule has 1 saturated heterocycles. The molecule has 0 amide bonds. The molecule has 0 radical (unpaired) electrons. The van der Waals surface area contributed by atoms with Crippen molar-refractivity contribution in [3.05, 3.63) is 33.8 Å². The van der Waals surface area contributed by atoms with Crippen molar-refractivity contribution in [2.45, 2.75) is 25.7 Å². The average molecular weight is 290 g/mol. The molecule has 5 heteroatoms. The lowest BCUT2D eigenvalue weighted by Crippen LogP contribution is -2.26. The SMILES string of the molecule is CCNC(CC1OCCO1)c1cc(Cl)ccc1Cl. The minimum absolute atomic E-state index is 0.0873. The van der Waals surface area contributed by atoms with Crippen molar-refractivity contribution in [2.24, 2.45) is 0 Å². The van der Waals surface area contributed by atoms with Crippen molar-refractivity contribution in [3.63, 3.8) is 0 Å². The van der Waals surface area contributed by atoms with Crippen LogP contribution in [0.1, 0.15) is 24.9 Å². The summed E-state index contributed by atoms with van der Waals surface area (Å²) < 4.78 is 11.0. The number of nitrogens with one attached hydrogen (secondary N) is 1. The predicted octanol–water partition coefficient (Wildman–Crippen LogP) is 3.41. The van der Waals surface area contributed by atoms with Gasteiger partial charge in [0.2, 0.25) is 0 Å². The molecule has 1 aromatic carbocycles. The van der Waals surface area contributed by atoms with Gasteiger partial charge in [-0.1, -0.05) is 30.1 Å². The molecule has 1 unspecified atom stereocenters. The highest BCUT2D eigenvalue weighted by Gasteiger charge is 2.23. The number of benzene rings is 1. The van der Waals surface area contributed by atoms with E-state index in [2.05, 4.69) is 12.2 Å². The second-order valence-corrected chi connectivity index (χ2v) is 5.03. The third-order valence-corrected chi connectivity index (χ3v) is 3.48. The highest BCUT2D eigenvalue weighted by Crippen LogP contribution is 2.30. The summed E-state index contributed by atoms with van der Waals surface area (Å²) in [5.74, 6) is 0. The second kappa shape index (κ2) is 6.73. The van der Waals surface area contributed by atoms with E-state index in [1.54, 1.807) is 6.07 Å². The van der Waals surface area contributed by atoms with Crippen LogP contribution in [0.3, 0.4) is 0 Å². The number of rotatable bonds is 5. The van der Waals surface area contributed by atoms with Gasteiger partial charge >= 0.3 is 0 Å². The van der Waals surface area contributed by atoms with E-state index < -0.39 is 0 Å². The largest absolute Gasteiger partial charge is 0.350 e. The maximum atomic E-state index is 6.23. The Balaban J connectivity index is 2.14. The molecular weight excluding hydrogens is 273 g/mol. The van der Waals surface area contributed by atoms with E-state index >= 15 is 0 Å². The van der Waals surface area contributed by atoms with E-state index in [0.29, 0.717) is 23.3 Å². The Morgan fingerprint density at radius 2 is 2.06 bits per heavy atom. The van der Waals surface area contributed by atoms with Crippen molar-refractivity contribution in [3.8, 4) is 0 Å². The number of hydrogen-bond donors (Lipinski definition) is 1. The van der Waals surface area contributed by atoms with E-state index in [1.165, 1.54) is 0 Å². The predicted molar refractivity (Wildman–Crippen MR) is 73.2 cm³/mol. The molecule has 1 aliphatic rings. The van der Waals surface area contributed by atoms with Crippen LogP contribution in [-0.2, 0) is 9.47 Å². The Labute approximate surface area is 117 Å². The Morgan fingerprint density at radius 1 is 1.33 bits per heavy atom. The van der Waals surface area contributed by atoms with Gasteiger partial charge in [0.05, 0.1) is 13.2 Å². The molecule has 0 bridgehead atoms. The molecule has 2 rings (SSSR count). The van der Waals surface area contributed by atoms with Gasteiger partial charge in [0.15, 0.2) is 6.29 Å². The summed E-state index contributed by atoms with van der Waals surface area (Å²) in [6.45, 7) is 4.22. The Kier molecular flexibility index (Phi) is 5.27. The minimum atomic E-state index is -0.163. The summed E-state index contributed by atoms with van der Waals surface area (Å²) >= 11 is 12.3. The van der Waals surface area contributed by atoms with Crippen LogP contribution in [0.5, 0.6) is 0 Å². The topological polar surface area (TPSA) is 30.5 Å². The van der Waals surface area contributed by atoms with Crippen LogP contribution in [0.2, 0.25) is 10.0 Å². The maximum absolute atomic E-state index is 6.23. The quantitative estimate of drug-likeness (QED) is 0.901. The number of hydrogen-bond acceptors (Lipinski definition) is 3. The van der Waals surface area contributed by atoms with Crippen LogP contribution in [0, 0.1) is 0 Å². The molecular formula is C13H17Cl2NO2. The first kappa shape index (κ1) is 14.1. The Hall–Kier alpha value is -0.320. The van der Waals surface area contributed by atoms with Crippen LogP contribution in [0.4, 0.5) is 0 Å². The highest BCUT2D eigenvalue weighted by atomic mass is 35.5. The van der Waals surface area contributed by atoms with E-state index in [0.717, 1.165) is 18.5 Å². The lowest BCUT2D eigenvalue weighted by Gasteiger charge is -2.22. The molecule has 1 atom stereocenters. The molecule has 1 aromatic rings. The highest BCUT2D eigenvalue weighted by molar-refractivity contribution is 6.33. The lowest BCUT2D eigenvalue weighted by atomic mass is 10.0. The molecule has 1 aliphatic heterocycles. The van der Waals surface area contributed by atoms with Gasteiger partial charge in [-0.3, -0.25) is 0 Å². The standard InChI is InChI=1S/C13H17Cl2NO2/c1-2-16-12(8-13-17-5-6-18-13)10-7-9(14)3-4-11(10)15/h3-4,7,12-13,16H,2,5-6,8H2,1H3. The van der Waals surface area contributed by atoms with Gasteiger partial charge in [-0.2, -0.15) is 0 Å². The number of ether oxygens (including phenoxy) is 2. The molecule has 1 heterocycles. The van der Waals surface area contributed by atoms with Gasteiger partial charge < -0.3 is 14.8 Å². The third-order valence-electron chi connectivity index (χ3n) is 2.90. The van der Waals surface area contributed by atoms with Gasteiger partial charge in [0.25, 0.3) is 0 Å². The van der Waals surface area contributed by atoms with Gasteiger partial charge in [-0.25, -0.2) is 0 Å². The fraction of sp³-hybridized carbons (Fsp3) is 0.538. The van der Waals surface area contributed by atoms with E-state index in [-0.39, 0.29) is 12.3 Å². The summed E-state index contributed by atoms with van der Waals surface area (Å²) in [6.07, 6.45) is 0.567. The molecule has 0 spiro atoms. The van der Waals surface area contributed by atoms with Crippen LogP contribution < -0.4 is 5.32 Å². The van der Waals surface area contributed by atoms with Crippen molar-refractivity contribution in [1.29, 1.82) is 0 Å². The zero-order valence-electron chi connectivity index (χ0n) is 10.3. The maximum Gasteiger partial charge on any atom is 0.159 e. The van der Waals surface area contributed by atoms with Gasteiger partial charge in [0.1, 0.15) is 0 Å². The monoisotopic (exact) mass is 289 g/mol. The van der Waals surface area contributed by atoms with Crippen molar-refractivity contribution in [2.75, 3.05) is 19.8 Å². The van der Waals surface area contributed by atoms with E-state index in [1.807, 2.05) is 12.1 Å². The molecule has 0 aliphatic carbocycles. The van der Waals surface area contributed by atoms with Crippen LogP contribution >= 0.6 is 23.2 Å². The smallest absolute Gasteiger partial charge is 0.159 e. The van der Waals surface area contributed by atoms with Gasteiger partial charge in [-0.15, -0.1) is 0 Å². The summed E-state index contributed by atoms with van der Waals surface area (Å²) in [5.41, 5.74) is 0.991. The molecule has 100 valence electrons. The number of halogens is 2. The fourth-order valence-corrected chi connectivity index (χ4v) is 2.51. The van der Waals surface area contributed by atoms with Crippen LogP contribution in [0.25, 0.3) is 0 Å². The van der Waals surface area contributed by atoms with Crippen LogP contribution in [-0.4, -0.2) is 26.0 Å². The summed E-state index contributed by atoms with van der Waals surface area (Å²) in [4.78, 5) is 0. The normalized spacial score (nSPS) is 18.2. The van der Waals surface area contributed by atoms with Crippen molar-refractivity contribution in [1.82, 2.24) is 5.32 Å². The van der Waals surface area contributed by atoms with E-state index in [9.17, 15) is 0 Å². The van der Waals surface area contributed by atoms with Gasteiger partial charge in [0, 0.05) is 22.5 Å². The van der Waals surface area contributed by atoms with Crippen LogP contribution in [0.15, 0.2) is 18.2 Å². The zero-order valence-corrected chi connectivity index (χ0v) is 11.8. The Morgan fingerprint density at radius 3 is 2.72 bits per heavy atom. The molecule has 3 nitrogen and oxygen atoms in total. The molecule has 1 fully saturated rings. The zero-order chi connectivity index (χ0) is 13.0.